The van der Waals surface area contributed by atoms with Crippen LogP contribution < -0.4 is 5.32 Å². The highest BCUT2D eigenvalue weighted by Crippen LogP contribution is 2.55. The molecule has 2 unspecified atom stereocenters. The Balaban J connectivity index is 1.56. The number of allylic oxidation sites excluding steroid dienone is 2. The van der Waals surface area contributed by atoms with Crippen molar-refractivity contribution in [3.63, 3.8) is 0 Å². The fraction of sp³-hybridized carbons (Fsp3) is 0.571. The van der Waals surface area contributed by atoms with E-state index in [2.05, 4.69) is 16.3 Å². The molecule has 0 radical (unpaired) electrons. The van der Waals surface area contributed by atoms with E-state index in [0.29, 0.717) is 43.5 Å². The van der Waals surface area contributed by atoms with Gasteiger partial charge in [0, 0.05) is 41.9 Å². The van der Waals surface area contributed by atoms with Gasteiger partial charge in [0.15, 0.2) is 0 Å². The van der Waals surface area contributed by atoms with Gasteiger partial charge in [0.05, 0.1) is 5.70 Å². The quantitative estimate of drug-likeness (QED) is 0.480. The molecule has 1 aromatic heterocycles. The van der Waals surface area contributed by atoms with Gasteiger partial charge in [-0.05, 0) is 72.8 Å². The van der Waals surface area contributed by atoms with Gasteiger partial charge in [0.1, 0.15) is 16.9 Å². The van der Waals surface area contributed by atoms with Gasteiger partial charge < -0.3 is 19.7 Å². The van der Waals surface area contributed by atoms with E-state index in [0.717, 1.165) is 17.7 Å². The summed E-state index contributed by atoms with van der Waals surface area (Å²) in [6.07, 6.45) is 7.25. The predicted octanol–water partition coefficient (Wildman–Crippen LogP) is 4.24. The molecule has 0 spiro atoms. The second-order valence-corrected chi connectivity index (χ2v) is 12.4. The lowest BCUT2D eigenvalue weighted by molar-refractivity contribution is -0.113. The molecule has 2 atom stereocenters. The third-order valence-electron chi connectivity index (χ3n) is 7.33. The normalized spacial score (nSPS) is 24.2. The Bertz CT molecular complexity index is 1270. The number of hydrogen-bond donors (Lipinski definition) is 1. The molecule has 0 saturated heterocycles. The Kier molecular flexibility index (Phi) is 5.69. The maximum Gasteiger partial charge on any atom is 0.419 e. The Morgan fingerprint density at radius 1 is 1.08 bits per heavy atom. The van der Waals surface area contributed by atoms with Crippen molar-refractivity contribution in [3.8, 4) is 0 Å². The van der Waals surface area contributed by atoms with Crippen molar-refractivity contribution in [2.24, 2.45) is 5.41 Å². The van der Waals surface area contributed by atoms with Gasteiger partial charge in [-0.2, -0.15) is 0 Å². The Hall–Kier alpha value is -3.36. The first-order valence-corrected chi connectivity index (χ1v) is 12.9. The van der Waals surface area contributed by atoms with Crippen molar-refractivity contribution in [1.29, 1.82) is 0 Å². The molecule has 3 heterocycles. The number of nitrogens with one attached hydrogen (secondary N) is 1. The van der Waals surface area contributed by atoms with Crippen LogP contribution >= 0.6 is 0 Å². The summed E-state index contributed by atoms with van der Waals surface area (Å²) in [4.78, 5) is 55.0. The summed E-state index contributed by atoms with van der Waals surface area (Å²) in [5.41, 5.74) is 0.853. The molecule has 1 amide bonds. The first-order valence-electron chi connectivity index (χ1n) is 12.9. The van der Waals surface area contributed by atoms with Crippen molar-refractivity contribution in [2.45, 2.75) is 84.5 Å². The molecule has 1 N–H and O–H groups in total. The molecule has 37 heavy (non-hydrogen) atoms. The van der Waals surface area contributed by atoms with E-state index in [1.807, 2.05) is 6.08 Å². The molecule has 2 aliphatic heterocycles. The van der Waals surface area contributed by atoms with Gasteiger partial charge >= 0.3 is 12.2 Å². The minimum Gasteiger partial charge on any atom is -0.444 e. The summed E-state index contributed by atoms with van der Waals surface area (Å²) in [5.74, 6) is -1.28. The van der Waals surface area contributed by atoms with E-state index in [4.69, 9.17) is 9.47 Å². The average molecular weight is 510 g/mol. The molecule has 2 bridgehead atoms. The van der Waals surface area contributed by atoms with Gasteiger partial charge in [-0.25, -0.2) is 14.2 Å². The number of Topliss-reactive ketones (excluding diaryl/α,β-unsaturated/α-hetero) is 2. The van der Waals surface area contributed by atoms with Crippen LogP contribution in [-0.4, -0.2) is 63.6 Å². The van der Waals surface area contributed by atoms with Crippen LogP contribution in [0.25, 0.3) is 5.70 Å². The number of aromatic nitrogens is 1. The zero-order valence-corrected chi connectivity index (χ0v) is 22.4. The highest BCUT2D eigenvalue weighted by Gasteiger charge is 2.54. The van der Waals surface area contributed by atoms with E-state index < -0.39 is 40.4 Å². The minimum atomic E-state index is -0.745. The topological polar surface area (TPSA) is 107 Å². The van der Waals surface area contributed by atoms with Gasteiger partial charge in [-0.1, -0.05) is 12.2 Å². The Morgan fingerprint density at radius 3 is 2.46 bits per heavy atom. The lowest BCUT2D eigenvalue weighted by Crippen LogP contribution is -2.53. The second-order valence-electron chi connectivity index (χ2n) is 12.4. The number of alkyl carbamates (subject to hydrolysis) is 1. The lowest BCUT2D eigenvalue weighted by Gasteiger charge is -2.53. The van der Waals surface area contributed by atoms with Crippen LogP contribution in [0.2, 0.25) is 0 Å². The number of carbonyl (C=O) groups excluding carboxylic acids is 4. The fourth-order valence-corrected chi connectivity index (χ4v) is 6.07. The largest absolute Gasteiger partial charge is 0.444 e. The van der Waals surface area contributed by atoms with Crippen LogP contribution in [0.5, 0.6) is 0 Å². The number of ketones is 2. The third-order valence-corrected chi connectivity index (χ3v) is 7.33. The number of rotatable bonds is 3. The van der Waals surface area contributed by atoms with Crippen LogP contribution in [0.4, 0.5) is 9.59 Å². The van der Waals surface area contributed by atoms with Gasteiger partial charge in [0.2, 0.25) is 5.78 Å². The molecule has 0 aromatic carbocycles. The molecule has 2 aliphatic carbocycles. The first kappa shape index (κ1) is 25.3. The van der Waals surface area contributed by atoms with Crippen molar-refractivity contribution >= 4 is 29.5 Å². The number of fused-ring (bicyclic) bond motifs is 4. The van der Waals surface area contributed by atoms with E-state index in [-0.39, 0.29) is 11.7 Å². The average Bonchev–Trinajstić information content (AvgIpc) is 3.16. The molecule has 1 aromatic rings. The summed E-state index contributed by atoms with van der Waals surface area (Å²) >= 11 is 0. The summed E-state index contributed by atoms with van der Waals surface area (Å²) < 4.78 is 12.1. The lowest BCUT2D eigenvalue weighted by atomic mass is 9.61. The maximum absolute atomic E-state index is 13.8. The van der Waals surface area contributed by atoms with Crippen molar-refractivity contribution < 1.29 is 28.7 Å². The highest BCUT2D eigenvalue weighted by molar-refractivity contribution is 6.52. The fourth-order valence-electron chi connectivity index (χ4n) is 6.07. The van der Waals surface area contributed by atoms with E-state index in [1.165, 1.54) is 4.57 Å². The van der Waals surface area contributed by atoms with E-state index in [1.54, 1.807) is 47.7 Å². The van der Waals surface area contributed by atoms with Gasteiger partial charge in [0.25, 0.3) is 5.78 Å². The number of carbonyl (C=O) groups is 4. The van der Waals surface area contributed by atoms with Gasteiger partial charge in [-0.15, -0.1) is 0 Å². The number of nitrogens with zero attached hydrogens (tertiary/aromatic N) is 2. The minimum absolute atomic E-state index is 0.101. The standard InChI is InChI=1S/C28H35N3O6/c1-26(2,3)36-24(34)29-12-11-28-10-7-8-17(14-28)30-13-9-16-15-31(25(35)37-27(4,5)6)21-18(16)20(30)19(28)22(32)23(21)33/h7,10,15,17H,8-9,11-14H2,1-6H3,(H,29,34). The van der Waals surface area contributed by atoms with Crippen LogP contribution in [-0.2, 0) is 20.7 Å². The molecule has 0 saturated carbocycles. The summed E-state index contributed by atoms with van der Waals surface area (Å²) in [7, 11) is 0. The summed E-state index contributed by atoms with van der Waals surface area (Å²) in [5, 5.41) is 2.81. The molecular formula is C28H35N3O6. The Labute approximate surface area is 216 Å². The number of hydrogen-bond acceptors (Lipinski definition) is 7. The van der Waals surface area contributed by atoms with Crippen molar-refractivity contribution in [1.82, 2.24) is 14.8 Å². The summed E-state index contributed by atoms with van der Waals surface area (Å²) in [6.45, 7) is 11.7. The predicted molar refractivity (Wildman–Crippen MR) is 136 cm³/mol. The first-order chi connectivity index (χ1) is 17.2. The molecule has 198 valence electrons. The van der Waals surface area contributed by atoms with Gasteiger partial charge in [-0.3, -0.25) is 9.59 Å². The monoisotopic (exact) mass is 509 g/mol. The van der Waals surface area contributed by atoms with Crippen molar-refractivity contribution in [3.05, 3.63) is 40.7 Å². The highest BCUT2D eigenvalue weighted by atomic mass is 16.6. The van der Waals surface area contributed by atoms with Crippen LogP contribution in [0.3, 0.4) is 0 Å². The van der Waals surface area contributed by atoms with Crippen LogP contribution in [0.1, 0.15) is 82.4 Å². The maximum atomic E-state index is 13.8. The zero-order valence-electron chi connectivity index (χ0n) is 22.4. The number of ether oxygens (including phenoxy) is 2. The third kappa shape index (κ3) is 4.28. The molecule has 5 rings (SSSR count). The Morgan fingerprint density at radius 2 is 1.78 bits per heavy atom. The second kappa shape index (κ2) is 8.33. The summed E-state index contributed by atoms with van der Waals surface area (Å²) in [6, 6.07) is 0.164. The molecule has 0 fully saturated rings. The van der Waals surface area contributed by atoms with Crippen LogP contribution in [0.15, 0.2) is 23.9 Å². The van der Waals surface area contributed by atoms with Crippen LogP contribution in [0, 0.1) is 5.41 Å². The number of amides is 1. The zero-order chi connectivity index (χ0) is 26.9. The molecular weight excluding hydrogens is 474 g/mol. The SMILES string of the molecule is CC(C)(C)OC(=O)NCCC12C=CCC(C1)N1CCc3cn(C(=O)OC(C)(C)C)c4c3C1=C2C(=O)C4=O. The van der Waals surface area contributed by atoms with E-state index in [9.17, 15) is 19.2 Å². The van der Waals surface area contributed by atoms with Crippen molar-refractivity contribution in [2.75, 3.05) is 13.1 Å². The van der Waals surface area contributed by atoms with E-state index >= 15 is 0 Å². The molecule has 4 aliphatic rings. The smallest absolute Gasteiger partial charge is 0.419 e. The molecule has 9 heteroatoms. The molecule has 9 nitrogen and oxygen atoms in total.